The summed E-state index contributed by atoms with van der Waals surface area (Å²) in [6.45, 7) is 0. The molecule has 0 radical (unpaired) electrons. The molecule has 0 amide bonds. The van der Waals surface area contributed by atoms with Crippen molar-refractivity contribution in [2.24, 2.45) is 0 Å². The molecule has 0 saturated heterocycles. The van der Waals surface area contributed by atoms with Crippen LogP contribution in [-0.4, -0.2) is 15.3 Å². The van der Waals surface area contributed by atoms with Crippen molar-refractivity contribution in [3.05, 3.63) is 51.5 Å². The Hall–Kier alpha value is -1.58. The Balaban J connectivity index is 2.46. The van der Waals surface area contributed by atoms with Gasteiger partial charge in [0.2, 0.25) is 0 Å². The summed E-state index contributed by atoms with van der Waals surface area (Å²) in [5.74, 6) is -0.245. The Morgan fingerprint density at radius 1 is 0.889 bits per heavy atom. The third kappa shape index (κ3) is 2.47. The normalized spacial score (nSPS) is 10.6. The van der Waals surface area contributed by atoms with E-state index in [0.29, 0.717) is 10.6 Å². The van der Waals surface area contributed by atoms with Gasteiger partial charge in [0.25, 0.3) is 0 Å². The minimum absolute atomic E-state index is 0.0400. The summed E-state index contributed by atoms with van der Waals surface area (Å²) >= 11 is 11.6. The maximum Gasteiger partial charge on any atom is 0.141 e. The molecule has 0 aliphatic heterocycles. The standard InChI is InChI=1S/C13H10Cl2O3/c14-8-1-3-11(16)7(5-8)6-9-12(17)4-2-10(15)13(9)18/h1-5,16-18H,6H2. The molecule has 0 saturated carbocycles. The maximum atomic E-state index is 9.79. The van der Waals surface area contributed by atoms with Crippen LogP contribution < -0.4 is 0 Å². The maximum absolute atomic E-state index is 9.79. The van der Waals surface area contributed by atoms with Crippen LogP contribution in [0, 0.1) is 0 Å². The Kier molecular flexibility index (Phi) is 3.55. The van der Waals surface area contributed by atoms with Gasteiger partial charge in [-0.3, -0.25) is 0 Å². The van der Waals surface area contributed by atoms with Crippen molar-refractivity contribution in [2.45, 2.75) is 6.42 Å². The molecule has 3 N–H and O–H groups in total. The molecule has 0 aliphatic carbocycles. The average Bonchev–Trinajstić information content (AvgIpc) is 2.34. The summed E-state index contributed by atoms with van der Waals surface area (Å²) in [7, 11) is 0. The van der Waals surface area contributed by atoms with E-state index in [4.69, 9.17) is 23.2 Å². The molecule has 5 heteroatoms. The molecule has 0 fully saturated rings. The van der Waals surface area contributed by atoms with Gasteiger partial charge in [-0.2, -0.15) is 0 Å². The lowest BCUT2D eigenvalue weighted by Crippen LogP contribution is -1.91. The highest BCUT2D eigenvalue weighted by Crippen LogP contribution is 2.37. The topological polar surface area (TPSA) is 60.7 Å². The second kappa shape index (κ2) is 4.96. The molecule has 0 bridgehead atoms. The monoisotopic (exact) mass is 284 g/mol. The van der Waals surface area contributed by atoms with E-state index in [9.17, 15) is 15.3 Å². The van der Waals surface area contributed by atoms with Gasteiger partial charge in [-0.1, -0.05) is 23.2 Å². The van der Waals surface area contributed by atoms with E-state index in [2.05, 4.69) is 0 Å². The number of hydrogen-bond donors (Lipinski definition) is 3. The predicted octanol–water partition coefficient (Wildman–Crippen LogP) is 3.70. The Bertz CT molecular complexity index is 597. The van der Waals surface area contributed by atoms with Gasteiger partial charge in [-0.25, -0.2) is 0 Å². The first kappa shape index (κ1) is 12.9. The number of phenols is 3. The van der Waals surface area contributed by atoms with Crippen LogP contribution in [0.1, 0.15) is 11.1 Å². The first-order valence-corrected chi connectivity index (χ1v) is 5.91. The fourth-order valence-electron chi connectivity index (χ4n) is 1.66. The zero-order chi connectivity index (χ0) is 13.3. The highest BCUT2D eigenvalue weighted by Gasteiger charge is 2.14. The second-order valence-electron chi connectivity index (χ2n) is 3.84. The Morgan fingerprint density at radius 2 is 1.56 bits per heavy atom. The van der Waals surface area contributed by atoms with Crippen molar-refractivity contribution in [1.82, 2.24) is 0 Å². The van der Waals surface area contributed by atoms with Crippen molar-refractivity contribution in [3.63, 3.8) is 0 Å². The zero-order valence-electron chi connectivity index (χ0n) is 9.19. The molecule has 0 unspecified atom stereocenters. The minimum Gasteiger partial charge on any atom is -0.508 e. The number of hydrogen-bond acceptors (Lipinski definition) is 3. The number of aromatic hydroxyl groups is 3. The first-order valence-electron chi connectivity index (χ1n) is 5.15. The molecule has 0 spiro atoms. The summed E-state index contributed by atoms with van der Waals surface area (Å²) in [5, 5.41) is 29.8. The van der Waals surface area contributed by atoms with Crippen LogP contribution in [-0.2, 0) is 6.42 Å². The number of rotatable bonds is 2. The van der Waals surface area contributed by atoms with Crippen molar-refractivity contribution < 1.29 is 15.3 Å². The van der Waals surface area contributed by atoms with Crippen molar-refractivity contribution in [3.8, 4) is 17.2 Å². The summed E-state index contributed by atoms with van der Waals surface area (Å²) in [6.07, 6.45) is 0.130. The Labute approximate surface area is 114 Å². The van der Waals surface area contributed by atoms with Crippen LogP contribution in [0.5, 0.6) is 17.2 Å². The Morgan fingerprint density at radius 3 is 2.28 bits per heavy atom. The highest BCUT2D eigenvalue weighted by molar-refractivity contribution is 6.32. The molecule has 2 aromatic carbocycles. The van der Waals surface area contributed by atoms with Gasteiger partial charge in [-0.05, 0) is 35.9 Å². The van der Waals surface area contributed by atoms with E-state index >= 15 is 0 Å². The molecular formula is C13H10Cl2O3. The van der Waals surface area contributed by atoms with Crippen molar-refractivity contribution in [1.29, 1.82) is 0 Å². The van der Waals surface area contributed by atoms with Crippen molar-refractivity contribution >= 4 is 23.2 Å². The largest absolute Gasteiger partial charge is 0.508 e. The summed E-state index contributed by atoms with van der Waals surface area (Å²) in [5.41, 5.74) is 0.746. The van der Waals surface area contributed by atoms with E-state index < -0.39 is 0 Å². The van der Waals surface area contributed by atoms with Crippen LogP contribution in [0.2, 0.25) is 10.0 Å². The van der Waals surface area contributed by atoms with E-state index in [-0.39, 0.29) is 34.3 Å². The molecule has 18 heavy (non-hydrogen) atoms. The third-order valence-corrected chi connectivity index (χ3v) is 3.16. The smallest absolute Gasteiger partial charge is 0.141 e. The molecule has 94 valence electrons. The molecule has 2 rings (SSSR count). The second-order valence-corrected chi connectivity index (χ2v) is 4.69. The van der Waals surface area contributed by atoms with E-state index in [1.165, 1.54) is 18.2 Å². The predicted molar refractivity (Wildman–Crippen MR) is 70.7 cm³/mol. The molecule has 3 nitrogen and oxygen atoms in total. The highest BCUT2D eigenvalue weighted by atomic mass is 35.5. The summed E-state index contributed by atoms with van der Waals surface area (Å²) in [6, 6.07) is 7.36. The van der Waals surface area contributed by atoms with Gasteiger partial charge in [0.05, 0.1) is 5.02 Å². The van der Waals surface area contributed by atoms with Gasteiger partial charge < -0.3 is 15.3 Å². The van der Waals surface area contributed by atoms with Crippen LogP contribution in [0.3, 0.4) is 0 Å². The molecule has 0 atom stereocenters. The number of halogens is 2. The average molecular weight is 285 g/mol. The first-order chi connectivity index (χ1) is 8.49. The SMILES string of the molecule is Oc1ccc(Cl)cc1Cc1c(O)ccc(Cl)c1O. The van der Waals surface area contributed by atoms with Gasteiger partial charge in [0, 0.05) is 17.0 Å². The van der Waals surface area contributed by atoms with Crippen LogP contribution in [0.4, 0.5) is 0 Å². The number of phenolic OH excluding ortho intramolecular Hbond substituents is 3. The molecule has 0 aromatic heterocycles. The van der Waals surface area contributed by atoms with Gasteiger partial charge in [0.15, 0.2) is 0 Å². The third-order valence-electron chi connectivity index (χ3n) is 2.62. The zero-order valence-corrected chi connectivity index (χ0v) is 10.7. The van der Waals surface area contributed by atoms with Gasteiger partial charge in [0.1, 0.15) is 17.2 Å². The quantitative estimate of drug-likeness (QED) is 0.788. The van der Waals surface area contributed by atoms with E-state index in [0.717, 1.165) is 0 Å². The fraction of sp³-hybridized carbons (Fsp3) is 0.0769. The molecular weight excluding hydrogens is 275 g/mol. The lowest BCUT2D eigenvalue weighted by atomic mass is 10.0. The molecule has 0 aliphatic rings. The lowest BCUT2D eigenvalue weighted by Gasteiger charge is -2.10. The summed E-state index contributed by atoms with van der Waals surface area (Å²) < 4.78 is 0. The summed E-state index contributed by atoms with van der Waals surface area (Å²) in [4.78, 5) is 0. The molecule has 2 aromatic rings. The van der Waals surface area contributed by atoms with Crippen LogP contribution >= 0.6 is 23.2 Å². The van der Waals surface area contributed by atoms with E-state index in [1.54, 1.807) is 12.1 Å². The number of benzene rings is 2. The minimum atomic E-state index is -0.198. The van der Waals surface area contributed by atoms with Gasteiger partial charge in [-0.15, -0.1) is 0 Å². The van der Waals surface area contributed by atoms with Crippen LogP contribution in [0.15, 0.2) is 30.3 Å². The van der Waals surface area contributed by atoms with Crippen LogP contribution in [0.25, 0.3) is 0 Å². The van der Waals surface area contributed by atoms with Gasteiger partial charge >= 0.3 is 0 Å². The molecule has 0 heterocycles. The lowest BCUT2D eigenvalue weighted by molar-refractivity contribution is 0.438. The van der Waals surface area contributed by atoms with Crippen molar-refractivity contribution in [2.75, 3.05) is 0 Å². The fourth-order valence-corrected chi connectivity index (χ4v) is 2.03. The van der Waals surface area contributed by atoms with E-state index in [1.807, 2.05) is 0 Å².